The van der Waals surface area contributed by atoms with E-state index < -0.39 is 17.3 Å². The minimum Gasteiger partial charge on any atom is -0.461 e. The zero-order valence-electron chi connectivity index (χ0n) is 14.1. The summed E-state index contributed by atoms with van der Waals surface area (Å²) in [5.41, 5.74) is -1.55. The molecule has 1 aromatic rings. The first-order chi connectivity index (χ1) is 11.4. The highest BCUT2D eigenvalue weighted by Gasteiger charge is 2.48. The molecule has 3 rings (SSSR count). The number of hydrogen-bond acceptors (Lipinski definition) is 6. The van der Waals surface area contributed by atoms with Gasteiger partial charge in [-0.25, -0.2) is 0 Å². The van der Waals surface area contributed by atoms with Gasteiger partial charge in [-0.1, -0.05) is 0 Å². The Morgan fingerprint density at radius 1 is 1.33 bits per heavy atom. The molecular formula is C18H24O6. The van der Waals surface area contributed by atoms with Crippen LogP contribution in [-0.2, 0) is 14.3 Å². The van der Waals surface area contributed by atoms with Crippen molar-refractivity contribution in [2.75, 3.05) is 0 Å². The van der Waals surface area contributed by atoms with Crippen LogP contribution in [0.1, 0.15) is 56.5 Å². The lowest BCUT2D eigenvalue weighted by Gasteiger charge is -2.49. The standard InChI is InChI=1S/C18H24O6/c1-17(11-19)7-5-15-14(23-17)6-8-18(2,24-15)16(21)10-12(20)13-4-3-9-22-13/h3-4,9,11,14-16,21H,5-8,10H2,1-2H3/t14-,15+,16+,17+,18-/m0/s1. The summed E-state index contributed by atoms with van der Waals surface area (Å²) in [6, 6.07) is 3.23. The molecule has 1 aromatic heterocycles. The Balaban J connectivity index is 1.63. The number of Topliss-reactive ketones (excluding diaryl/α,β-unsaturated/α-hetero) is 1. The van der Waals surface area contributed by atoms with Gasteiger partial charge in [0.15, 0.2) is 12.0 Å². The zero-order chi connectivity index (χ0) is 17.4. The van der Waals surface area contributed by atoms with Gasteiger partial charge >= 0.3 is 0 Å². The van der Waals surface area contributed by atoms with Crippen LogP contribution in [-0.4, -0.2) is 46.7 Å². The third-order valence-corrected chi connectivity index (χ3v) is 5.24. The van der Waals surface area contributed by atoms with E-state index in [0.717, 1.165) is 6.29 Å². The maximum Gasteiger partial charge on any atom is 0.200 e. The molecule has 6 nitrogen and oxygen atoms in total. The van der Waals surface area contributed by atoms with Crippen molar-refractivity contribution in [3.8, 4) is 0 Å². The van der Waals surface area contributed by atoms with Crippen molar-refractivity contribution < 1.29 is 28.6 Å². The molecule has 0 radical (unpaired) electrons. The molecule has 2 fully saturated rings. The normalized spacial score (nSPS) is 37.5. The van der Waals surface area contributed by atoms with Crippen LogP contribution < -0.4 is 0 Å². The third-order valence-electron chi connectivity index (χ3n) is 5.24. The first-order valence-corrected chi connectivity index (χ1v) is 8.42. The third kappa shape index (κ3) is 3.31. The van der Waals surface area contributed by atoms with Crippen LogP contribution in [0, 0.1) is 0 Å². The van der Waals surface area contributed by atoms with Crippen LogP contribution in [0.25, 0.3) is 0 Å². The van der Waals surface area contributed by atoms with Crippen LogP contribution in [0.4, 0.5) is 0 Å². The number of aldehydes is 1. The fourth-order valence-corrected chi connectivity index (χ4v) is 3.57. The molecule has 3 heterocycles. The number of carbonyl (C=O) groups excluding carboxylic acids is 2. The monoisotopic (exact) mass is 336 g/mol. The van der Waals surface area contributed by atoms with Gasteiger partial charge in [-0.05, 0) is 51.7 Å². The Labute approximate surface area is 141 Å². The molecule has 2 saturated heterocycles. The lowest BCUT2D eigenvalue weighted by Crippen LogP contribution is -2.57. The second-order valence-corrected chi connectivity index (χ2v) is 7.25. The summed E-state index contributed by atoms with van der Waals surface area (Å²) in [7, 11) is 0. The van der Waals surface area contributed by atoms with Crippen molar-refractivity contribution >= 4 is 12.1 Å². The highest BCUT2D eigenvalue weighted by atomic mass is 16.6. The molecule has 0 unspecified atom stereocenters. The maximum atomic E-state index is 12.1. The molecule has 0 aliphatic carbocycles. The van der Waals surface area contributed by atoms with Crippen LogP contribution in [0.2, 0.25) is 0 Å². The molecule has 6 heteroatoms. The van der Waals surface area contributed by atoms with E-state index in [2.05, 4.69) is 0 Å². The van der Waals surface area contributed by atoms with Crippen molar-refractivity contribution in [1.29, 1.82) is 0 Å². The number of carbonyl (C=O) groups is 2. The van der Waals surface area contributed by atoms with E-state index in [1.165, 1.54) is 6.26 Å². The molecule has 0 aromatic carbocycles. The fourth-order valence-electron chi connectivity index (χ4n) is 3.57. The highest BCUT2D eigenvalue weighted by molar-refractivity contribution is 5.93. The van der Waals surface area contributed by atoms with Gasteiger partial charge in [-0.15, -0.1) is 0 Å². The largest absolute Gasteiger partial charge is 0.461 e. The Kier molecular flexibility index (Phi) is 4.64. The van der Waals surface area contributed by atoms with Crippen LogP contribution >= 0.6 is 0 Å². The number of hydrogen-bond donors (Lipinski definition) is 1. The van der Waals surface area contributed by atoms with Gasteiger partial charge in [-0.2, -0.15) is 0 Å². The van der Waals surface area contributed by atoms with E-state index in [9.17, 15) is 14.7 Å². The molecule has 0 spiro atoms. The Bertz CT molecular complexity index is 597. The summed E-state index contributed by atoms with van der Waals surface area (Å²) in [6.07, 6.45) is 3.57. The number of ketones is 1. The number of fused-ring (bicyclic) bond motifs is 1. The molecule has 24 heavy (non-hydrogen) atoms. The van der Waals surface area contributed by atoms with E-state index in [-0.39, 0.29) is 30.2 Å². The van der Waals surface area contributed by atoms with Gasteiger partial charge in [0, 0.05) is 6.42 Å². The predicted octanol–water partition coefficient (Wildman–Crippen LogP) is 2.29. The molecule has 2 aliphatic heterocycles. The maximum absolute atomic E-state index is 12.1. The topological polar surface area (TPSA) is 86.0 Å². The minimum absolute atomic E-state index is 0.0473. The Morgan fingerprint density at radius 3 is 2.71 bits per heavy atom. The van der Waals surface area contributed by atoms with Crippen molar-refractivity contribution in [1.82, 2.24) is 0 Å². The molecule has 0 amide bonds. The van der Waals surface area contributed by atoms with E-state index in [1.807, 2.05) is 6.92 Å². The minimum atomic E-state index is -0.921. The summed E-state index contributed by atoms with van der Waals surface area (Å²) in [4.78, 5) is 23.3. The highest BCUT2D eigenvalue weighted by Crippen LogP contribution is 2.41. The molecular weight excluding hydrogens is 312 g/mol. The van der Waals surface area contributed by atoms with E-state index in [0.29, 0.717) is 25.7 Å². The Morgan fingerprint density at radius 2 is 2.04 bits per heavy atom. The molecule has 0 saturated carbocycles. The number of aliphatic hydroxyl groups is 1. The lowest BCUT2D eigenvalue weighted by atomic mass is 9.81. The van der Waals surface area contributed by atoms with Crippen molar-refractivity contribution in [2.45, 2.75) is 75.5 Å². The number of rotatable bonds is 5. The smallest absolute Gasteiger partial charge is 0.200 e. The van der Waals surface area contributed by atoms with Gasteiger partial charge in [0.05, 0.1) is 30.2 Å². The van der Waals surface area contributed by atoms with Crippen LogP contribution in [0.3, 0.4) is 0 Å². The summed E-state index contributed by atoms with van der Waals surface area (Å²) in [5.74, 6) is 0.00181. The van der Waals surface area contributed by atoms with Gasteiger partial charge in [-0.3, -0.25) is 4.79 Å². The SMILES string of the molecule is C[C@]1(C=O)CC[C@H]2O[C@](C)([C@H](O)CC(=O)c3ccco3)CC[C@@H]2O1. The summed E-state index contributed by atoms with van der Waals surface area (Å²) in [5, 5.41) is 10.6. The quantitative estimate of drug-likeness (QED) is 0.656. The van der Waals surface area contributed by atoms with Crippen LogP contribution in [0.15, 0.2) is 22.8 Å². The lowest BCUT2D eigenvalue weighted by molar-refractivity contribution is -0.254. The first-order valence-electron chi connectivity index (χ1n) is 8.42. The number of furan rings is 1. The second-order valence-electron chi connectivity index (χ2n) is 7.25. The van der Waals surface area contributed by atoms with Crippen molar-refractivity contribution in [2.24, 2.45) is 0 Å². The van der Waals surface area contributed by atoms with Gasteiger partial charge < -0.3 is 23.8 Å². The second kappa shape index (κ2) is 6.43. The van der Waals surface area contributed by atoms with Gasteiger partial charge in [0.25, 0.3) is 0 Å². The van der Waals surface area contributed by atoms with E-state index in [4.69, 9.17) is 13.9 Å². The molecule has 1 N–H and O–H groups in total. The van der Waals surface area contributed by atoms with Gasteiger partial charge in [0.2, 0.25) is 5.78 Å². The number of aliphatic hydroxyl groups excluding tert-OH is 1. The summed E-state index contributed by atoms with van der Waals surface area (Å²) < 4.78 is 17.1. The molecule has 2 aliphatic rings. The van der Waals surface area contributed by atoms with Crippen LogP contribution in [0.5, 0.6) is 0 Å². The summed E-state index contributed by atoms with van der Waals surface area (Å²) >= 11 is 0. The average Bonchev–Trinajstić information content (AvgIpc) is 3.10. The van der Waals surface area contributed by atoms with Crippen molar-refractivity contribution in [3.63, 3.8) is 0 Å². The first kappa shape index (κ1) is 17.3. The van der Waals surface area contributed by atoms with E-state index >= 15 is 0 Å². The van der Waals surface area contributed by atoms with E-state index in [1.54, 1.807) is 19.1 Å². The summed E-state index contributed by atoms with van der Waals surface area (Å²) in [6.45, 7) is 3.62. The predicted molar refractivity (Wildman–Crippen MR) is 84.8 cm³/mol. The van der Waals surface area contributed by atoms with Crippen molar-refractivity contribution in [3.05, 3.63) is 24.2 Å². The van der Waals surface area contributed by atoms with Gasteiger partial charge in [0.1, 0.15) is 5.60 Å². The average molecular weight is 336 g/mol. The Hall–Kier alpha value is -1.50. The fraction of sp³-hybridized carbons (Fsp3) is 0.667. The molecule has 5 atom stereocenters. The number of ether oxygens (including phenoxy) is 2. The molecule has 0 bridgehead atoms. The zero-order valence-corrected chi connectivity index (χ0v) is 14.1. The molecule has 132 valence electrons.